The van der Waals surface area contributed by atoms with Crippen LogP contribution < -0.4 is 0 Å². The predicted molar refractivity (Wildman–Crippen MR) is 79.3 cm³/mol. The number of carboxylic acids is 1. The Balaban J connectivity index is 2.82. The van der Waals surface area contributed by atoms with Gasteiger partial charge in [0.05, 0.1) is 5.41 Å². The number of hydrogen-bond donors (Lipinski definition) is 1. The normalized spacial score (nSPS) is 18.7. The third-order valence-electron chi connectivity index (χ3n) is 4.58. The van der Waals surface area contributed by atoms with Gasteiger partial charge in [0.1, 0.15) is 0 Å². The summed E-state index contributed by atoms with van der Waals surface area (Å²) in [5.74, 6) is 0.0116. The second-order valence-electron chi connectivity index (χ2n) is 6.59. The van der Waals surface area contributed by atoms with Crippen molar-refractivity contribution in [2.24, 2.45) is 11.3 Å². The van der Waals surface area contributed by atoms with Gasteiger partial charge < -0.3 is 5.11 Å². The molecule has 0 radical (unpaired) electrons. The Hall–Kier alpha value is -0.570. The van der Waals surface area contributed by atoms with Gasteiger partial charge in [-0.25, -0.2) is 0 Å². The number of aliphatic carboxylic acids is 1. The maximum Gasteiger partial charge on any atom is 0.310 e. The van der Waals surface area contributed by atoms with Crippen LogP contribution in [0.4, 0.5) is 0 Å². The summed E-state index contributed by atoms with van der Waals surface area (Å²) in [7, 11) is 0. The van der Waals surface area contributed by atoms with Crippen molar-refractivity contribution in [3.05, 3.63) is 0 Å². The van der Waals surface area contributed by atoms with E-state index in [1.54, 1.807) is 0 Å². The molecule has 0 unspecified atom stereocenters. The van der Waals surface area contributed by atoms with Crippen LogP contribution in [-0.4, -0.2) is 35.1 Å². The standard InChI is InChI=1S/C16H31NO2/c1-5-14(6-2)17(11-13(3)4)12-16(15(18)19)9-7-8-10-16/h13-14H,5-12H2,1-4H3,(H,18,19). The lowest BCUT2D eigenvalue weighted by atomic mass is 9.84. The summed E-state index contributed by atoms with van der Waals surface area (Å²) in [6, 6.07) is 0.527. The molecule has 3 nitrogen and oxygen atoms in total. The molecule has 0 aromatic rings. The van der Waals surface area contributed by atoms with Gasteiger partial charge in [0, 0.05) is 19.1 Å². The van der Waals surface area contributed by atoms with Gasteiger partial charge in [-0.2, -0.15) is 0 Å². The summed E-state index contributed by atoms with van der Waals surface area (Å²) in [6.45, 7) is 10.6. The van der Waals surface area contributed by atoms with Crippen molar-refractivity contribution < 1.29 is 9.90 Å². The first-order valence-corrected chi connectivity index (χ1v) is 7.92. The molecule has 3 heteroatoms. The van der Waals surface area contributed by atoms with Gasteiger partial charge in [-0.1, -0.05) is 40.5 Å². The van der Waals surface area contributed by atoms with E-state index in [0.29, 0.717) is 12.0 Å². The van der Waals surface area contributed by atoms with Crippen LogP contribution in [0.15, 0.2) is 0 Å². The molecule has 1 N–H and O–H groups in total. The highest BCUT2D eigenvalue weighted by Gasteiger charge is 2.43. The average Bonchev–Trinajstić information content (AvgIpc) is 2.79. The minimum absolute atomic E-state index is 0.475. The van der Waals surface area contributed by atoms with E-state index in [0.717, 1.165) is 51.6 Å². The van der Waals surface area contributed by atoms with E-state index in [-0.39, 0.29) is 0 Å². The molecule has 0 aromatic heterocycles. The van der Waals surface area contributed by atoms with Crippen LogP contribution in [0.5, 0.6) is 0 Å². The van der Waals surface area contributed by atoms with E-state index in [1.165, 1.54) is 0 Å². The van der Waals surface area contributed by atoms with Crippen molar-refractivity contribution in [3.63, 3.8) is 0 Å². The fourth-order valence-electron chi connectivity index (χ4n) is 3.50. The summed E-state index contributed by atoms with van der Waals surface area (Å²) in [5.41, 5.74) is -0.475. The number of carboxylic acid groups (broad SMARTS) is 1. The molecule has 19 heavy (non-hydrogen) atoms. The number of nitrogens with zero attached hydrogens (tertiary/aromatic N) is 1. The van der Waals surface area contributed by atoms with Crippen LogP contribution in [0.3, 0.4) is 0 Å². The van der Waals surface area contributed by atoms with Crippen molar-refractivity contribution in [2.75, 3.05) is 13.1 Å². The Kier molecular flexibility index (Phi) is 6.31. The molecule has 0 aliphatic heterocycles. The van der Waals surface area contributed by atoms with Crippen LogP contribution in [0, 0.1) is 11.3 Å². The summed E-state index contributed by atoms with van der Waals surface area (Å²) >= 11 is 0. The molecule has 1 rings (SSSR count). The Morgan fingerprint density at radius 1 is 1.21 bits per heavy atom. The second-order valence-corrected chi connectivity index (χ2v) is 6.59. The van der Waals surface area contributed by atoms with E-state index in [9.17, 15) is 9.90 Å². The van der Waals surface area contributed by atoms with Crippen LogP contribution in [0.1, 0.15) is 66.2 Å². The van der Waals surface area contributed by atoms with Crippen LogP contribution >= 0.6 is 0 Å². The Bertz CT molecular complexity index is 278. The largest absolute Gasteiger partial charge is 0.481 e. The first-order chi connectivity index (χ1) is 8.95. The Labute approximate surface area is 118 Å². The van der Waals surface area contributed by atoms with E-state index >= 15 is 0 Å². The highest BCUT2D eigenvalue weighted by molar-refractivity contribution is 5.75. The van der Waals surface area contributed by atoms with Crippen molar-refractivity contribution in [2.45, 2.75) is 72.3 Å². The maximum absolute atomic E-state index is 11.7. The van der Waals surface area contributed by atoms with Crippen LogP contribution in [0.2, 0.25) is 0 Å². The molecule has 0 bridgehead atoms. The van der Waals surface area contributed by atoms with Crippen molar-refractivity contribution in [3.8, 4) is 0 Å². The fourth-order valence-corrected chi connectivity index (χ4v) is 3.50. The highest BCUT2D eigenvalue weighted by atomic mass is 16.4. The second kappa shape index (κ2) is 7.28. The van der Waals surface area contributed by atoms with E-state index in [2.05, 4.69) is 32.6 Å². The number of rotatable bonds is 8. The third-order valence-corrected chi connectivity index (χ3v) is 4.58. The van der Waals surface area contributed by atoms with Gasteiger partial charge in [0.2, 0.25) is 0 Å². The molecular formula is C16H31NO2. The van der Waals surface area contributed by atoms with Crippen molar-refractivity contribution in [1.29, 1.82) is 0 Å². The number of carbonyl (C=O) groups is 1. The molecule has 0 aromatic carbocycles. The topological polar surface area (TPSA) is 40.5 Å². The van der Waals surface area contributed by atoms with Crippen LogP contribution in [-0.2, 0) is 4.79 Å². The Morgan fingerprint density at radius 2 is 1.74 bits per heavy atom. The zero-order valence-electron chi connectivity index (χ0n) is 13.1. The van der Waals surface area contributed by atoms with E-state index in [4.69, 9.17) is 0 Å². The quantitative estimate of drug-likeness (QED) is 0.729. The van der Waals surface area contributed by atoms with Gasteiger partial charge in [-0.3, -0.25) is 9.69 Å². The SMILES string of the molecule is CCC(CC)N(CC(C)C)CC1(C(=O)O)CCCC1. The van der Waals surface area contributed by atoms with Gasteiger partial charge in [-0.15, -0.1) is 0 Å². The van der Waals surface area contributed by atoms with Gasteiger partial charge in [0.15, 0.2) is 0 Å². The molecule has 0 heterocycles. The molecule has 1 aliphatic rings. The highest BCUT2D eigenvalue weighted by Crippen LogP contribution is 2.39. The zero-order chi connectivity index (χ0) is 14.5. The molecule has 1 fully saturated rings. The smallest absolute Gasteiger partial charge is 0.310 e. The minimum Gasteiger partial charge on any atom is -0.481 e. The van der Waals surface area contributed by atoms with Gasteiger partial charge >= 0.3 is 5.97 Å². The molecule has 0 amide bonds. The zero-order valence-corrected chi connectivity index (χ0v) is 13.1. The Morgan fingerprint density at radius 3 is 2.11 bits per heavy atom. The molecule has 0 atom stereocenters. The van der Waals surface area contributed by atoms with Crippen LogP contribution in [0.25, 0.3) is 0 Å². The summed E-state index contributed by atoms with van der Waals surface area (Å²) < 4.78 is 0. The summed E-state index contributed by atoms with van der Waals surface area (Å²) in [5, 5.41) is 9.65. The fraction of sp³-hybridized carbons (Fsp3) is 0.938. The lowest BCUT2D eigenvalue weighted by Gasteiger charge is -2.38. The molecule has 112 valence electrons. The van der Waals surface area contributed by atoms with Gasteiger partial charge in [0.25, 0.3) is 0 Å². The monoisotopic (exact) mass is 269 g/mol. The molecule has 1 saturated carbocycles. The van der Waals surface area contributed by atoms with Crippen molar-refractivity contribution >= 4 is 5.97 Å². The first-order valence-electron chi connectivity index (χ1n) is 7.92. The van der Waals surface area contributed by atoms with E-state index < -0.39 is 11.4 Å². The molecule has 0 saturated heterocycles. The molecular weight excluding hydrogens is 238 g/mol. The van der Waals surface area contributed by atoms with Gasteiger partial charge in [-0.05, 0) is 31.6 Å². The number of hydrogen-bond acceptors (Lipinski definition) is 2. The third kappa shape index (κ3) is 4.20. The lowest BCUT2D eigenvalue weighted by Crippen LogP contribution is -2.47. The molecule has 0 spiro atoms. The summed E-state index contributed by atoms with van der Waals surface area (Å²) in [6.07, 6.45) is 6.08. The lowest BCUT2D eigenvalue weighted by molar-refractivity contribution is -0.150. The average molecular weight is 269 g/mol. The van der Waals surface area contributed by atoms with Crippen molar-refractivity contribution in [1.82, 2.24) is 4.90 Å². The maximum atomic E-state index is 11.7. The minimum atomic E-state index is -0.579. The first kappa shape index (κ1) is 16.5. The predicted octanol–water partition coefficient (Wildman–Crippen LogP) is 3.78. The summed E-state index contributed by atoms with van der Waals surface area (Å²) in [4.78, 5) is 14.2. The molecule has 1 aliphatic carbocycles. The van der Waals surface area contributed by atoms with E-state index in [1.807, 2.05) is 0 Å².